The summed E-state index contributed by atoms with van der Waals surface area (Å²) < 4.78 is 49.8. The molecule has 3 aliphatic rings. The van der Waals surface area contributed by atoms with E-state index in [2.05, 4.69) is 13.0 Å². The van der Waals surface area contributed by atoms with Crippen LogP contribution in [0.4, 0.5) is 13.2 Å². The molecular weight excluding hydrogens is 541 g/mol. The van der Waals surface area contributed by atoms with Gasteiger partial charge in [-0.3, -0.25) is 0 Å². The van der Waals surface area contributed by atoms with Gasteiger partial charge in [-0.25, -0.2) is 13.2 Å². The Morgan fingerprint density at radius 2 is 1.26 bits per heavy atom. The lowest BCUT2D eigenvalue weighted by atomic mass is 9.68. The first-order chi connectivity index (χ1) is 21.0. The van der Waals surface area contributed by atoms with Crippen molar-refractivity contribution in [2.24, 2.45) is 17.8 Å². The molecule has 3 fully saturated rings. The Labute approximate surface area is 256 Å². The standard InChI is InChI=1S/C39H47F3O/c1-2-3-4-5-6-7-26-8-10-27(11-9-26)28-12-14-29(15-13-28)32-20-21-33(36(40)24-32)30-16-18-31(19-17-30)34-22-23-35(37-25-43-37)39(42)38(34)41/h16-24,26-29,37H,2-15,25H2,1H3. The quantitative estimate of drug-likeness (QED) is 0.160. The SMILES string of the molecule is CCCCCCCC1CCC(C2CCC(c3ccc(-c4ccc(-c5ccc(C6CO6)c(F)c5F)cc4)c(F)c3)CC2)CC1. The van der Waals surface area contributed by atoms with Crippen LogP contribution in [0.25, 0.3) is 22.3 Å². The average molecular weight is 589 g/mol. The van der Waals surface area contributed by atoms with Crippen LogP contribution >= 0.6 is 0 Å². The van der Waals surface area contributed by atoms with Gasteiger partial charge < -0.3 is 4.74 Å². The zero-order chi connectivity index (χ0) is 29.8. The molecule has 1 nitrogen and oxygen atoms in total. The van der Waals surface area contributed by atoms with Gasteiger partial charge in [-0.2, -0.15) is 0 Å². The Bertz CT molecular complexity index is 1350. The summed E-state index contributed by atoms with van der Waals surface area (Å²) in [5.41, 5.74) is 3.41. The second-order valence-electron chi connectivity index (χ2n) is 13.6. The predicted octanol–water partition coefficient (Wildman–Crippen LogP) is 11.9. The fraction of sp³-hybridized carbons (Fsp3) is 0.538. The predicted molar refractivity (Wildman–Crippen MR) is 169 cm³/mol. The third kappa shape index (κ3) is 7.22. The van der Waals surface area contributed by atoms with E-state index in [4.69, 9.17) is 4.74 Å². The van der Waals surface area contributed by atoms with Gasteiger partial charge in [0.15, 0.2) is 11.6 Å². The monoisotopic (exact) mass is 588 g/mol. The van der Waals surface area contributed by atoms with Gasteiger partial charge in [0, 0.05) is 16.7 Å². The van der Waals surface area contributed by atoms with Crippen LogP contribution in [-0.2, 0) is 4.74 Å². The molecule has 3 aromatic carbocycles. The van der Waals surface area contributed by atoms with Gasteiger partial charge in [-0.15, -0.1) is 0 Å². The lowest BCUT2D eigenvalue weighted by Crippen LogP contribution is -2.25. The first kappa shape index (κ1) is 30.4. The molecule has 1 unspecified atom stereocenters. The van der Waals surface area contributed by atoms with Crippen LogP contribution in [0.1, 0.15) is 120 Å². The summed E-state index contributed by atoms with van der Waals surface area (Å²) >= 11 is 0. The maximum atomic E-state index is 15.4. The highest BCUT2D eigenvalue weighted by molar-refractivity contribution is 5.71. The van der Waals surface area contributed by atoms with E-state index in [9.17, 15) is 8.78 Å². The summed E-state index contributed by atoms with van der Waals surface area (Å²) in [6.45, 7) is 2.71. The third-order valence-corrected chi connectivity index (χ3v) is 10.8. The van der Waals surface area contributed by atoms with E-state index in [1.165, 1.54) is 77.0 Å². The molecule has 0 bridgehead atoms. The van der Waals surface area contributed by atoms with Crippen molar-refractivity contribution in [1.29, 1.82) is 0 Å². The zero-order valence-electron chi connectivity index (χ0n) is 25.7. The number of unbranched alkanes of at least 4 members (excludes halogenated alkanes) is 4. The van der Waals surface area contributed by atoms with Crippen LogP contribution in [0.15, 0.2) is 54.6 Å². The molecule has 3 aromatic rings. The highest BCUT2D eigenvalue weighted by Crippen LogP contribution is 2.45. The average Bonchev–Trinajstić information content (AvgIpc) is 3.88. The van der Waals surface area contributed by atoms with E-state index >= 15 is 4.39 Å². The number of hydrogen-bond acceptors (Lipinski definition) is 1. The Morgan fingerprint density at radius 1 is 0.651 bits per heavy atom. The molecule has 230 valence electrons. The van der Waals surface area contributed by atoms with Crippen molar-refractivity contribution in [3.05, 3.63) is 83.2 Å². The van der Waals surface area contributed by atoms with Gasteiger partial charge in [0.1, 0.15) is 11.9 Å². The Balaban J connectivity index is 1.01. The Hall–Kier alpha value is -2.59. The van der Waals surface area contributed by atoms with Crippen molar-refractivity contribution >= 4 is 0 Å². The zero-order valence-corrected chi connectivity index (χ0v) is 25.7. The molecule has 4 heteroatoms. The molecule has 0 amide bonds. The Morgan fingerprint density at radius 3 is 1.88 bits per heavy atom. The third-order valence-electron chi connectivity index (χ3n) is 10.8. The largest absolute Gasteiger partial charge is 0.368 e. The van der Waals surface area contributed by atoms with E-state index in [-0.39, 0.29) is 23.0 Å². The number of benzene rings is 3. The molecule has 1 saturated heterocycles. The van der Waals surface area contributed by atoms with Crippen LogP contribution in [-0.4, -0.2) is 6.61 Å². The molecule has 0 radical (unpaired) electrons. The minimum Gasteiger partial charge on any atom is -0.368 e. The smallest absolute Gasteiger partial charge is 0.167 e. The normalized spacial score (nSPS) is 25.5. The van der Waals surface area contributed by atoms with Gasteiger partial charge in [-0.1, -0.05) is 107 Å². The van der Waals surface area contributed by atoms with Gasteiger partial charge in [0.2, 0.25) is 0 Å². The van der Waals surface area contributed by atoms with Gasteiger partial charge >= 0.3 is 0 Å². The topological polar surface area (TPSA) is 12.5 Å². The van der Waals surface area contributed by atoms with E-state index in [0.717, 1.165) is 41.7 Å². The summed E-state index contributed by atoms with van der Waals surface area (Å²) in [5, 5.41) is 0. The van der Waals surface area contributed by atoms with E-state index in [0.29, 0.717) is 23.7 Å². The summed E-state index contributed by atoms with van der Waals surface area (Å²) in [4.78, 5) is 0. The molecule has 6 rings (SSSR count). The summed E-state index contributed by atoms with van der Waals surface area (Å²) in [5.74, 6) is 1.21. The minimum atomic E-state index is -0.869. The number of halogens is 3. The lowest BCUT2D eigenvalue weighted by molar-refractivity contribution is 0.155. The van der Waals surface area contributed by atoms with Crippen molar-refractivity contribution in [3.63, 3.8) is 0 Å². The maximum absolute atomic E-state index is 15.4. The molecule has 0 spiro atoms. The van der Waals surface area contributed by atoms with E-state index < -0.39 is 11.6 Å². The van der Waals surface area contributed by atoms with Crippen molar-refractivity contribution < 1.29 is 17.9 Å². The van der Waals surface area contributed by atoms with E-state index in [1.54, 1.807) is 42.5 Å². The molecule has 1 aliphatic heterocycles. The van der Waals surface area contributed by atoms with Crippen LogP contribution in [0.2, 0.25) is 0 Å². The summed E-state index contributed by atoms with van der Waals surface area (Å²) in [7, 11) is 0. The minimum absolute atomic E-state index is 0.200. The molecule has 1 atom stereocenters. The second-order valence-corrected chi connectivity index (χ2v) is 13.6. The fourth-order valence-electron chi connectivity index (χ4n) is 8.02. The number of rotatable bonds is 11. The van der Waals surface area contributed by atoms with Gasteiger partial charge in [0.05, 0.1) is 6.61 Å². The highest BCUT2D eigenvalue weighted by Gasteiger charge is 2.32. The molecule has 2 aliphatic carbocycles. The maximum Gasteiger partial charge on any atom is 0.167 e. The molecule has 0 N–H and O–H groups in total. The van der Waals surface area contributed by atoms with Crippen LogP contribution in [0, 0.1) is 35.2 Å². The summed E-state index contributed by atoms with van der Waals surface area (Å²) in [6, 6.07) is 15.9. The first-order valence-electron chi connectivity index (χ1n) is 17.0. The first-order valence-corrected chi connectivity index (χ1v) is 17.0. The molecule has 43 heavy (non-hydrogen) atoms. The van der Waals surface area contributed by atoms with Crippen molar-refractivity contribution in [1.82, 2.24) is 0 Å². The molecule has 1 heterocycles. The lowest BCUT2D eigenvalue weighted by Gasteiger charge is -2.38. The van der Waals surface area contributed by atoms with Gasteiger partial charge in [-0.05, 0) is 85.0 Å². The molecule has 0 aromatic heterocycles. The fourth-order valence-corrected chi connectivity index (χ4v) is 8.02. The number of ether oxygens (including phenoxy) is 1. The number of epoxide rings is 1. The van der Waals surface area contributed by atoms with Gasteiger partial charge in [0.25, 0.3) is 0 Å². The molecular formula is C39H47F3O. The van der Waals surface area contributed by atoms with Crippen molar-refractivity contribution in [2.75, 3.05) is 6.61 Å². The van der Waals surface area contributed by atoms with Crippen molar-refractivity contribution in [2.45, 2.75) is 109 Å². The van der Waals surface area contributed by atoms with Crippen LogP contribution < -0.4 is 0 Å². The summed E-state index contributed by atoms with van der Waals surface area (Å²) in [6.07, 6.45) is 18.6. The second kappa shape index (κ2) is 14.0. The van der Waals surface area contributed by atoms with Crippen LogP contribution in [0.5, 0.6) is 0 Å². The van der Waals surface area contributed by atoms with E-state index in [1.807, 2.05) is 6.07 Å². The van der Waals surface area contributed by atoms with Crippen molar-refractivity contribution in [3.8, 4) is 22.3 Å². The van der Waals surface area contributed by atoms with Crippen LogP contribution in [0.3, 0.4) is 0 Å². The highest BCUT2D eigenvalue weighted by atomic mass is 19.2. The molecule has 2 saturated carbocycles. The Kier molecular flexibility index (Phi) is 9.92. The number of hydrogen-bond donors (Lipinski definition) is 0.